The van der Waals surface area contributed by atoms with Crippen LogP contribution >= 0.6 is 0 Å². The number of carbonyl (C=O) groups excluding carboxylic acids is 1. The van der Waals surface area contributed by atoms with Gasteiger partial charge in [0.1, 0.15) is 0 Å². The maximum absolute atomic E-state index is 12.4. The van der Waals surface area contributed by atoms with E-state index in [1.54, 1.807) is 0 Å². The maximum Gasteiger partial charge on any atom is 0.228 e. The van der Waals surface area contributed by atoms with E-state index in [4.69, 9.17) is 0 Å². The highest BCUT2D eigenvalue weighted by Gasteiger charge is 2.15. The molecular weight excluding hydrogens is 284 g/mol. The molecule has 0 atom stereocenters. The lowest BCUT2D eigenvalue weighted by molar-refractivity contribution is -0.115. The molecule has 0 radical (unpaired) electrons. The molecule has 23 heavy (non-hydrogen) atoms. The standard InChI is InChI=1S/C20H24N2O/c1-16-9-3-4-10-17(16)15-20(23)21-18-11-5-6-12-19(18)22-13-7-2-8-14-22/h3-6,9-12H,2,7-8,13-15H2,1H3,(H,21,23). The van der Waals surface area contributed by atoms with Crippen molar-refractivity contribution in [2.75, 3.05) is 23.3 Å². The molecule has 0 saturated carbocycles. The van der Waals surface area contributed by atoms with Crippen LogP contribution in [-0.2, 0) is 11.2 Å². The smallest absolute Gasteiger partial charge is 0.228 e. The number of rotatable bonds is 4. The average molecular weight is 308 g/mol. The highest BCUT2D eigenvalue weighted by Crippen LogP contribution is 2.28. The lowest BCUT2D eigenvalue weighted by Crippen LogP contribution is -2.30. The Hall–Kier alpha value is -2.29. The molecular formula is C20H24N2O. The van der Waals surface area contributed by atoms with Gasteiger partial charge in [-0.2, -0.15) is 0 Å². The second-order valence-corrected chi connectivity index (χ2v) is 6.22. The van der Waals surface area contributed by atoms with Crippen LogP contribution in [0.5, 0.6) is 0 Å². The molecule has 3 heteroatoms. The predicted octanol–water partition coefficient (Wildman–Crippen LogP) is 4.17. The van der Waals surface area contributed by atoms with E-state index in [2.05, 4.69) is 16.3 Å². The minimum atomic E-state index is 0.0451. The summed E-state index contributed by atoms with van der Waals surface area (Å²) in [7, 11) is 0. The van der Waals surface area contributed by atoms with Crippen LogP contribution in [-0.4, -0.2) is 19.0 Å². The molecule has 0 unspecified atom stereocenters. The summed E-state index contributed by atoms with van der Waals surface area (Å²) in [6, 6.07) is 16.2. The van der Waals surface area contributed by atoms with Crippen LogP contribution in [0.1, 0.15) is 30.4 Å². The number of nitrogens with zero attached hydrogens (tertiary/aromatic N) is 1. The quantitative estimate of drug-likeness (QED) is 0.919. The Labute approximate surface area is 138 Å². The summed E-state index contributed by atoms with van der Waals surface area (Å²) in [5.41, 5.74) is 4.31. The molecule has 0 spiro atoms. The largest absolute Gasteiger partial charge is 0.370 e. The molecule has 3 nitrogen and oxygen atoms in total. The highest BCUT2D eigenvalue weighted by atomic mass is 16.1. The Bertz CT molecular complexity index is 675. The zero-order valence-electron chi connectivity index (χ0n) is 13.7. The van der Waals surface area contributed by atoms with Crippen LogP contribution in [0.3, 0.4) is 0 Å². The molecule has 120 valence electrons. The molecule has 0 aromatic heterocycles. The second kappa shape index (κ2) is 7.32. The average Bonchev–Trinajstić information content (AvgIpc) is 2.58. The van der Waals surface area contributed by atoms with E-state index in [0.29, 0.717) is 6.42 Å². The Morgan fingerprint density at radius 1 is 1.00 bits per heavy atom. The topological polar surface area (TPSA) is 32.3 Å². The number of nitrogens with one attached hydrogen (secondary N) is 1. The number of aryl methyl sites for hydroxylation is 1. The zero-order valence-corrected chi connectivity index (χ0v) is 13.7. The van der Waals surface area contributed by atoms with Crippen molar-refractivity contribution in [2.24, 2.45) is 0 Å². The van der Waals surface area contributed by atoms with E-state index < -0.39 is 0 Å². The van der Waals surface area contributed by atoms with Gasteiger partial charge in [-0.3, -0.25) is 4.79 Å². The fraction of sp³-hybridized carbons (Fsp3) is 0.350. The van der Waals surface area contributed by atoms with E-state index in [0.717, 1.165) is 35.6 Å². The van der Waals surface area contributed by atoms with Crippen LogP contribution in [0.2, 0.25) is 0 Å². The van der Waals surface area contributed by atoms with Gasteiger partial charge in [-0.05, 0) is 49.4 Å². The molecule has 0 aliphatic carbocycles. The van der Waals surface area contributed by atoms with Gasteiger partial charge in [-0.25, -0.2) is 0 Å². The van der Waals surface area contributed by atoms with Gasteiger partial charge < -0.3 is 10.2 Å². The van der Waals surface area contributed by atoms with Gasteiger partial charge >= 0.3 is 0 Å². The third-order valence-corrected chi connectivity index (χ3v) is 4.49. The molecule has 0 bridgehead atoms. The summed E-state index contributed by atoms with van der Waals surface area (Å²) >= 11 is 0. The maximum atomic E-state index is 12.4. The fourth-order valence-corrected chi connectivity index (χ4v) is 3.17. The number of piperidine rings is 1. The van der Waals surface area contributed by atoms with E-state index in [1.807, 2.05) is 49.4 Å². The number of para-hydroxylation sites is 2. The monoisotopic (exact) mass is 308 g/mol. The van der Waals surface area contributed by atoms with Crippen molar-refractivity contribution in [3.63, 3.8) is 0 Å². The molecule has 2 aromatic rings. The summed E-state index contributed by atoms with van der Waals surface area (Å²) in [5.74, 6) is 0.0451. The summed E-state index contributed by atoms with van der Waals surface area (Å²) in [6.45, 7) is 4.19. The zero-order chi connectivity index (χ0) is 16.1. The van der Waals surface area contributed by atoms with Crippen LogP contribution in [0.4, 0.5) is 11.4 Å². The summed E-state index contributed by atoms with van der Waals surface area (Å²) in [5, 5.41) is 3.10. The molecule has 2 aromatic carbocycles. The Kier molecular flexibility index (Phi) is 4.96. The van der Waals surface area contributed by atoms with Gasteiger partial charge in [0, 0.05) is 13.1 Å². The molecule has 3 rings (SSSR count). The number of amides is 1. The number of carbonyl (C=O) groups is 1. The van der Waals surface area contributed by atoms with E-state index in [-0.39, 0.29) is 5.91 Å². The molecule has 1 aliphatic heterocycles. The summed E-state index contributed by atoms with van der Waals surface area (Å²) < 4.78 is 0. The Morgan fingerprint density at radius 2 is 1.70 bits per heavy atom. The Balaban J connectivity index is 1.72. The van der Waals surface area contributed by atoms with E-state index in [9.17, 15) is 4.79 Å². The molecule has 1 fully saturated rings. The predicted molar refractivity (Wildman–Crippen MR) is 96.0 cm³/mol. The van der Waals surface area contributed by atoms with Crippen molar-refractivity contribution in [1.82, 2.24) is 0 Å². The van der Waals surface area contributed by atoms with Crippen LogP contribution in [0, 0.1) is 6.92 Å². The number of anilines is 2. The van der Waals surface area contributed by atoms with E-state index in [1.165, 1.54) is 19.3 Å². The number of hydrogen-bond donors (Lipinski definition) is 1. The van der Waals surface area contributed by atoms with Crippen molar-refractivity contribution >= 4 is 17.3 Å². The van der Waals surface area contributed by atoms with Gasteiger partial charge in [0.2, 0.25) is 5.91 Å². The minimum absolute atomic E-state index is 0.0451. The first-order valence-corrected chi connectivity index (χ1v) is 8.42. The van der Waals surface area contributed by atoms with E-state index >= 15 is 0 Å². The highest BCUT2D eigenvalue weighted by molar-refractivity contribution is 5.95. The molecule has 1 aliphatic rings. The summed E-state index contributed by atoms with van der Waals surface area (Å²) in [6.07, 6.45) is 4.18. The van der Waals surface area contributed by atoms with Crippen molar-refractivity contribution in [3.8, 4) is 0 Å². The van der Waals surface area contributed by atoms with Gasteiger partial charge in [-0.1, -0.05) is 36.4 Å². The first-order valence-electron chi connectivity index (χ1n) is 8.42. The second-order valence-electron chi connectivity index (χ2n) is 6.22. The molecule has 1 saturated heterocycles. The molecule has 1 heterocycles. The van der Waals surface area contributed by atoms with Gasteiger partial charge in [0.25, 0.3) is 0 Å². The lowest BCUT2D eigenvalue weighted by Gasteiger charge is -2.30. The Morgan fingerprint density at radius 3 is 2.48 bits per heavy atom. The van der Waals surface area contributed by atoms with Gasteiger partial charge in [0.05, 0.1) is 17.8 Å². The van der Waals surface area contributed by atoms with Crippen molar-refractivity contribution in [2.45, 2.75) is 32.6 Å². The molecule has 1 amide bonds. The number of hydrogen-bond acceptors (Lipinski definition) is 2. The van der Waals surface area contributed by atoms with Crippen molar-refractivity contribution in [3.05, 3.63) is 59.7 Å². The third kappa shape index (κ3) is 3.92. The van der Waals surface area contributed by atoms with Gasteiger partial charge in [-0.15, -0.1) is 0 Å². The van der Waals surface area contributed by atoms with Crippen LogP contribution in [0.15, 0.2) is 48.5 Å². The first-order chi connectivity index (χ1) is 11.2. The van der Waals surface area contributed by atoms with Crippen molar-refractivity contribution < 1.29 is 4.79 Å². The SMILES string of the molecule is Cc1ccccc1CC(=O)Nc1ccccc1N1CCCCC1. The molecule has 1 N–H and O–H groups in total. The normalized spacial score (nSPS) is 14.6. The fourth-order valence-electron chi connectivity index (χ4n) is 3.17. The van der Waals surface area contributed by atoms with Gasteiger partial charge in [0.15, 0.2) is 0 Å². The van der Waals surface area contributed by atoms with Crippen LogP contribution in [0.25, 0.3) is 0 Å². The summed E-state index contributed by atoms with van der Waals surface area (Å²) in [4.78, 5) is 14.8. The first kappa shape index (κ1) is 15.6. The minimum Gasteiger partial charge on any atom is -0.370 e. The van der Waals surface area contributed by atoms with Crippen molar-refractivity contribution in [1.29, 1.82) is 0 Å². The van der Waals surface area contributed by atoms with Crippen LogP contribution < -0.4 is 10.2 Å². The third-order valence-electron chi connectivity index (χ3n) is 4.49. The number of benzene rings is 2. The lowest BCUT2D eigenvalue weighted by atomic mass is 10.1.